The molecule has 0 saturated heterocycles. The third kappa shape index (κ3) is 1.78. The lowest BCUT2D eigenvalue weighted by Gasteiger charge is -1.91. The van der Waals surface area contributed by atoms with Crippen molar-refractivity contribution in [3.63, 3.8) is 0 Å². The number of aromatic nitrogens is 2. The van der Waals surface area contributed by atoms with E-state index in [9.17, 15) is 4.39 Å². The van der Waals surface area contributed by atoms with Crippen molar-refractivity contribution in [2.45, 2.75) is 5.75 Å². The molecule has 2 nitrogen and oxygen atoms in total. The van der Waals surface area contributed by atoms with Crippen LogP contribution in [-0.2, 0) is 5.75 Å². The molecule has 0 saturated carbocycles. The third-order valence-corrected chi connectivity index (χ3v) is 3.31. The molecule has 2 aromatic rings. The van der Waals surface area contributed by atoms with Crippen LogP contribution in [0.4, 0.5) is 4.39 Å². The summed E-state index contributed by atoms with van der Waals surface area (Å²) in [4.78, 5) is 8.33. The Morgan fingerprint density at radius 3 is 2.93 bits per heavy atom. The maximum Gasteiger partial charge on any atom is 0.228 e. The van der Waals surface area contributed by atoms with Gasteiger partial charge in [0.1, 0.15) is 5.01 Å². The minimum absolute atomic E-state index is 0.379. The van der Waals surface area contributed by atoms with Crippen molar-refractivity contribution >= 4 is 24.0 Å². The maximum atomic E-state index is 13.1. The number of thiazole rings is 1. The normalized spacial score (nSPS) is 10.4. The summed E-state index contributed by atoms with van der Waals surface area (Å²) in [6.45, 7) is 0. The Bertz CT molecular complexity index is 428. The van der Waals surface area contributed by atoms with Crippen molar-refractivity contribution in [3.05, 3.63) is 35.4 Å². The summed E-state index contributed by atoms with van der Waals surface area (Å²) in [7, 11) is 0. The van der Waals surface area contributed by atoms with Crippen molar-refractivity contribution in [1.29, 1.82) is 0 Å². The molecule has 0 spiro atoms. The van der Waals surface area contributed by atoms with Crippen LogP contribution in [0, 0.1) is 5.95 Å². The highest BCUT2D eigenvalue weighted by atomic mass is 32.1. The van der Waals surface area contributed by atoms with E-state index in [0.717, 1.165) is 5.56 Å². The van der Waals surface area contributed by atoms with Crippen LogP contribution in [0.3, 0.4) is 0 Å². The van der Waals surface area contributed by atoms with E-state index in [0.29, 0.717) is 15.6 Å². The summed E-state index contributed by atoms with van der Waals surface area (Å²) in [6, 6.07) is 3.66. The summed E-state index contributed by atoms with van der Waals surface area (Å²) in [6.07, 6.45) is 3.34. The van der Waals surface area contributed by atoms with E-state index in [4.69, 9.17) is 0 Å². The largest absolute Gasteiger partial charge is 0.264 e. The highest BCUT2D eigenvalue weighted by Gasteiger charge is 2.10. The Hall–Kier alpha value is -0.940. The zero-order valence-electron chi connectivity index (χ0n) is 7.14. The van der Waals surface area contributed by atoms with Gasteiger partial charge in [-0.05, 0) is 12.1 Å². The summed E-state index contributed by atoms with van der Waals surface area (Å²) < 4.78 is 13.1. The van der Waals surface area contributed by atoms with E-state index in [-0.39, 0.29) is 0 Å². The van der Waals surface area contributed by atoms with E-state index in [1.165, 1.54) is 11.3 Å². The molecule has 0 N–H and O–H groups in total. The number of pyridine rings is 1. The average Bonchev–Trinajstić information content (AvgIpc) is 2.61. The van der Waals surface area contributed by atoms with Crippen molar-refractivity contribution in [2.75, 3.05) is 0 Å². The average molecular weight is 226 g/mol. The lowest BCUT2D eigenvalue weighted by atomic mass is 10.3. The summed E-state index contributed by atoms with van der Waals surface area (Å²) in [5, 5.41) is 0.652. The number of hydrogen-bond acceptors (Lipinski definition) is 4. The molecule has 0 bridgehead atoms. The Labute approximate surface area is 90.3 Å². The van der Waals surface area contributed by atoms with Gasteiger partial charge in [-0.15, -0.1) is 11.3 Å². The van der Waals surface area contributed by atoms with E-state index < -0.39 is 5.95 Å². The molecule has 2 aromatic heterocycles. The topological polar surface area (TPSA) is 25.8 Å². The minimum Gasteiger partial charge on any atom is -0.264 e. The van der Waals surface area contributed by atoms with Crippen LogP contribution in [0.5, 0.6) is 0 Å². The van der Waals surface area contributed by atoms with Gasteiger partial charge >= 0.3 is 0 Å². The molecule has 14 heavy (non-hydrogen) atoms. The molecule has 0 aliphatic carbocycles. The molecule has 0 fully saturated rings. The van der Waals surface area contributed by atoms with Gasteiger partial charge in [-0.2, -0.15) is 17.0 Å². The first-order valence-electron chi connectivity index (χ1n) is 3.97. The van der Waals surface area contributed by atoms with Crippen molar-refractivity contribution in [1.82, 2.24) is 9.97 Å². The first-order chi connectivity index (χ1) is 6.81. The minimum atomic E-state index is -0.427. The van der Waals surface area contributed by atoms with Crippen LogP contribution in [-0.4, -0.2) is 9.97 Å². The fourth-order valence-corrected chi connectivity index (χ4v) is 2.16. The van der Waals surface area contributed by atoms with Gasteiger partial charge in [0.15, 0.2) is 0 Å². The number of hydrogen-bond donors (Lipinski definition) is 1. The van der Waals surface area contributed by atoms with E-state index in [2.05, 4.69) is 22.6 Å². The molecule has 0 aliphatic heterocycles. The van der Waals surface area contributed by atoms with Gasteiger partial charge in [0.05, 0.1) is 4.88 Å². The molecule has 0 amide bonds. The summed E-state index contributed by atoms with van der Waals surface area (Å²) in [5.74, 6) is -0.0483. The van der Waals surface area contributed by atoms with Gasteiger partial charge < -0.3 is 0 Å². The second-order valence-electron chi connectivity index (χ2n) is 2.63. The highest BCUT2D eigenvalue weighted by molar-refractivity contribution is 7.79. The third-order valence-electron chi connectivity index (χ3n) is 1.70. The van der Waals surface area contributed by atoms with Crippen LogP contribution < -0.4 is 0 Å². The maximum absolute atomic E-state index is 13.1. The molecule has 2 rings (SSSR count). The Balaban J connectivity index is 2.43. The predicted octanol–water partition coefficient (Wildman–Crippen LogP) is 2.77. The van der Waals surface area contributed by atoms with Gasteiger partial charge in [0.2, 0.25) is 5.95 Å². The zero-order valence-corrected chi connectivity index (χ0v) is 8.86. The predicted molar refractivity (Wildman–Crippen MR) is 58.0 cm³/mol. The summed E-state index contributed by atoms with van der Waals surface area (Å²) in [5.41, 5.74) is 0.837. The highest BCUT2D eigenvalue weighted by Crippen LogP contribution is 2.27. The number of rotatable bonds is 2. The number of halogens is 1. The lowest BCUT2D eigenvalue weighted by molar-refractivity contribution is 0.584. The van der Waals surface area contributed by atoms with Gasteiger partial charge in [-0.1, -0.05) is 0 Å². The van der Waals surface area contributed by atoms with Gasteiger partial charge in [0.25, 0.3) is 0 Å². The molecule has 0 atom stereocenters. The summed E-state index contributed by atoms with van der Waals surface area (Å²) >= 11 is 5.33. The lowest BCUT2D eigenvalue weighted by Crippen LogP contribution is -1.79. The Morgan fingerprint density at radius 2 is 2.36 bits per heavy atom. The van der Waals surface area contributed by atoms with Gasteiger partial charge in [-0.25, -0.2) is 4.98 Å². The van der Waals surface area contributed by atoms with E-state index in [1.807, 2.05) is 6.07 Å². The van der Waals surface area contributed by atoms with Crippen LogP contribution in [0.25, 0.3) is 10.6 Å². The standard InChI is InChI=1S/C9H7FN2S2/c10-8-7(5-13)14-9(12-8)6-2-1-3-11-4-6/h1-4,13H,5H2. The van der Waals surface area contributed by atoms with Gasteiger partial charge in [0, 0.05) is 23.7 Å². The van der Waals surface area contributed by atoms with E-state index >= 15 is 0 Å². The molecule has 0 unspecified atom stereocenters. The zero-order chi connectivity index (χ0) is 9.97. The fourth-order valence-electron chi connectivity index (χ4n) is 1.04. The molecule has 0 aromatic carbocycles. The van der Waals surface area contributed by atoms with Crippen molar-refractivity contribution in [3.8, 4) is 10.6 Å². The van der Waals surface area contributed by atoms with Crippen LogP contribution >= 0.6 is 24.0 Å². The Kier molecular flexibility index (Phi) is 2.79. The van der Waals surface area contributed by atoms with Crippen LogP contribution in [0.1, 0.15) is 4.88 Å². The Morgan fingerprint density at radius 1 is 1.50 bits per heavy atom. The second-order valence-corrected chi connectivity index (χ2v) is 4.03. The molecular weight excluding hydrogens is 219 g/mol. The molecular formula is C9H7FN2S2. The molecule has 0 radical (unpaired) electrons. The van der Waals surface area contributed by atoms with E-state index in [1.54, 1.807) is 18.5 Å². The quantitative estimate of drug-likeness (QED) is 0.797. The molecule has 0 aliphatic rings. The first kappa shape index (κ1) is 9.61. The van der Waals surface area contributed by atoms with Crippen LogP contribution in [0.2, 0.25) is 0 Å². The monoisotopic (exact) mass is 226 g/mol. The fraction of sp³-hybridized carbons (Fsp3) is 0.111. The molecule has 72 valence electrons. The van der Waals surface area contributed by atoms with Crippen molar-refractivity contribution < 1.29 is 4.39 Å². The van der Waals surface area contributed by atoms with Crippen molar-refractivity contribution in [2.24, 2.45) is 0 Å². The number of nitrogens with zero attached hydrogens (tertiary/aromatic N) is 2. The number of thiol groups is 1. The second kappa shape index (κ2) is 4.06. The first-order valence-corrected chi connectivity index (χ1v) is 5.42. The smallest absolute Gasteiger partial charge is 0.228 e. The van der Waals surface area contributed by atoms with Gasteiger partial charge in [-0.3, -0.25) is 4.98 Å². The SMILES string of the molecule is Fc1nc(-c2cccnc2)sc1CS. The van der Waals surface area contributed by atoms with Crippen LogP contribution in [0.15, 0.2) is 24.5 Å². The molecule has 2 heterocycles. The molecule has 5 heteroatoms.